The second kappa shape index (κ2) is 11.8. The first-order valence-corrected chi connectivity index (χ1v) is 10.9. The van der Waals surface area contributed by atoms with E-state index in [9.17, 15) is 24.0 Å². The van der Waals surface area contributed by atoms with Gasteiger partial charge >= 0.3 is 11.9 Å². The van der Waals surface area contributed by atoms with Crippen LogP contribution in [0, 0.1) is 0 Å². The number of amides is 3. The molecule has 0 radical (unpaired) electrons. The average Bonchev–Trinajstić information content (AvgIpc) is 3.14. The van der Waals surface area contributed by atoms with Crippen molar-refractivity contribution in [1.82, 2.24) is 0 Å². The summed E-state index contributed by atoms with van der Waals surface area (Å²) in [5, 5.41) is 7.94. The Bertz CT molecular complexity index is 1040. The number of nitrogens with one attached hydrogen (secondary N) is 3. The molecule has 176 valence electrons. The monoisotopic (exact) mass is 475 g/mol. The Morgan fingerprint density at radius 3 is 1.94 bits per heavy atom. The second-order valence-electron chi connectivity index (χ2n) is 6.82. The fraction of sp³-hybridized carbons (Fsp3) is 0.318. The number of hydrogen-bond donors (Lipinski definition) is 3. The Morgan fingerprint density at radius 2 is 1.42 bits per heavy atom. The maximum atomic E-state index is 12.5. The van der Waals surface area contributed by atoms with Crippen molar-refractivity contribution in [2.75, 3.05) is 29.2 Å². The first-order valence-electron chi connectivity index (χ1n) is 10.1. The molecule has 0 aliphatic carbocycles. The molecule has 1 aromatic heterocycles. The zero-order valence-corrected chi connectivity index (χ0v) is 19.5. The third-order valence-electron chi connectivity index (χ3n) is 4.02. The molecule has 2 rings (SSSR count). The minimum Gasteiger partial charge on any atom is -0.462 e. The first-order chi connectivity index (χ1) is 15.6. The lowest BCUT2D eigenvalue weighted by Gasteiger charge is -2.11. The van der Waals surface area contributed by atoms with E-state index in [4.69, 9.17) is 9.47 Å². The predicted octanol–water partition coefficient (Wildman–Crippen LogP) is 3.20. The zero-order valence-electron chi connectivity index (χ0n) is 18.7. The lowest BCUT2D eigenvalue weighted by atomic mass is 10.1. The van der Waals surface area contributed by atoms with Gasteiger partial charge in [-0.3, -0.25) is 14.4 Å². The minimum atomic E-state index is -0.838. The lowest BCUT2D eigenvalue weighted by molar-refractivity contribution is -0.119. The molecule has 2 aromatic rings. The zero-order chi connectivity index (χ0) is 24.5. The number of ether oxygens (including phenoxy) is 2. The second-order valence-corrected chi connectivity index (χ2v) is 7.95. The number of carbonyl (C=O) groups is 5. The van der Waals surface area contributed by atoms with Crippen molar-refractivity contribution in [3.8, 4) is 0 Å². The molecule has 0 fully saturated rings. The number of carbonyl (C=O) groups excluding carboxylic acids is 5. The molecule has 1 aromatic carbocycles. The maximum Gasteiger partial charge on any atom is 0.341 e. The Balaban J connectivity index is 2.11. The van der Waals surface area contributed by atoms with E-state index >= 15 is 0 Å². The predicted molar refractivity (Wildman–Crippen MR) is 124 cm³/mol. The van der Waals surface area contributed by atoms with Crippen LogP contribution in [-0.4, -0.2) is 42.9 Å². The Labute approximate surface area is 194 Å². The van der Waals surface area contributed by atoms with Crippen LogP contribution in [0.25, 0.3) is 0 Å². The Hall–Kier alpha value is -3.73. The molecule has 0 aliphatic rings. The van der Waals surface area contributed by atoms with Gasteiger partial charge in [0.1, 0.15) is 5.00 Å². The Kier molecular flexibility index (Phi) is 9.10. The summed E-state index contributed by atoms with van der Waals surface area (Å²) in [5.74, 6) is -2.77. The molecule has 3 N–H and O–H groups in total. The van der Waals surface area contributed by atoms with Crippen molar-refractivity contribution in [1.29, 1.82) is 0 Å². The highest BCUT2D eigenvalue weighted by molar-refractivity contribution is 7.16. The number of rotatable bonds is 9. The molecule has 11 heteroatoms. The van der Waals surface area contributed by atoms with Crippen LogP contribution in [0.5, 0.6) is 0 Å². The summed E-state index contributed by atoms with van der Waals surface area (Å²) in [7, 11) is 0. The lowest BCUT2D eigenvalue weighted by Crippen LogP contribution is -2.22. The smallest absolute Gasteiger partial charge is 0.341 e. The first kappa shape index (κ1) is 25.5. The van der Waals surface area contributed by atoms with Gasteiger partial charge in [0.15, 0.2) is 6.61 Å². The van der Waals surface area contributed by atoms with Crippen molar-refractivity contribution in [2.45, 2.75) is 34.1 Å². The van der Waals surface area contributed by atoms with Gasteiger partial charge in [-0.15, -0.1) is 11.3 Å². The van der Waals surface area contributed by atoms with E-state index in [1.807, 2.05) is 6.92 Å². The van der Waals surface area contributed by atoms with E-state index in [-0.39, 0.29) is 40.9 Å². The molecular weight excluding hydrogens is 450 g/mol. The molecule has 10 nitrogen and oxygen atoms in total. The van der Waals surface area contributed by atoms with Crippen LogP contribution in [0.1, 0.15) is 53.3 Å². The topological polar surface area (TPSA) is 140 Å². The largest absolute Gasteiger partial charge is 0.462 e. The van der Waals surface area contributed by atoms with Crippen LogP contribution >= 0.6 is 11.3 Å². The molecule has 3 amide bonds. The highest BCUT2D eigenvalue weighted by Crippen LogP contribution is 2.29. The van der Waals surface area contributed by atoms with Gasteiger partial charge in [0, 0.05) is 30.1 Å². The normalized spacial score (nSPS) is 10.2. The molecule has 33 heavy (non-hydrogen) atoms. The van der Waals surface area contributed by atoms with Crippen LogP contribution in [0.2, 0.25) is 0 Å². The van der Waals surface area contributed by atoms with Crippen LogP contribution in [0.3, 0.4) is 0 Å². The van der Waals surface area contributed by atoms with Gasteiger partial charge in [-0.1, -0.05) is 6.92 Å². The fourth-order valence-corrected chi connectivity index (χ4v) is 3.74. The van der Waals surface area contributed by atoms with Crippen LogP contribution in [-0.2, 0) is 30.3 Å². The summed E-state index contributed by atoms with van der Waals surface area (Å²) in [6.07, 6.45) is 0.670. The number of esters is 2. The molecule has 0 atom stereocenters. The standard InChI is InChI=1S/C22H25N3O7S/c1-5-17-10-18(22(30)31-6-2)20(33-17)25-19(28)11-32-21(29)14-7-15(23-12(3)26)9-16(8-14)24-13(4)27/h7-10H,5-6,11H2,1-4H3,(H,23,26)(H,24,27)(H,25,28). The molecular formula is C22H25N3O7S. The molecule has 0 bridgehead atoms. The van der Waals surface area contributed by atoms with E-state index in [1.54, 1.807) is 13.0 Å². The van der Waals surface area contributed by atoms with Gasteiger partial charge in [0.25, 0.3) is 5.91 Å². The number of benzene rings is 1. The van der Waals surface area contributed by atoms with Crippen molar-refractivity contribution in [3.63, 3.8) is 0 Å². The number of thiophene rings is 1. The number of hydrogen-bond acceptors (Lipinski definition) is 8. The van der Waals surface area contributed by atoms with Gasteiger partial charge in [-0.05, 0) is 37.6 Å². The summed E-state index contributed by atoms with van der Waals surface area (Å²) in [6.45, 7) is 5.78. The fourth-order valence-electron chi connectivity index (χ4n) is 2.74. The minimum absolute atomic E-state index is 0.0226. The van der Waals surface area contributed by atoms with Crippen LogP contribution in [0.4, 0.5) is 16.4 Å². The third kappa shape index (κ3) is 7.72. The van der Waals surface area contributed by atoms with E-state index < -0.39 is 24.5 Å². The van der Waals surface area contributed by atoms with E-state index in [2.05, 4.69) is 16.0 Å². The molecule has 0 spiro atoms. The van der Waals surface area contributed by atoms with E-state index in [1.165, 1.54) is 43.4 Å². The molecule has 0 aliphatic heterocycles. The summed E-state index contributed by atoms with van der Waals surface area (Å²) in [5.41, 5.74) is 0.806. The van der Waals surface area contributed by atoms with E-state index in [0.29, 0.717) is 11.4 Å². The molecule has 0 saturated heterocycles. The van der Waals surface area contributed by atoms with Crippen LogP contribution in [0.15, 0.2) is 24.3 Å². The van der Waals surface area contributed by atoms with Crippen molar-refractivity contribution in [2.24, 2.45) is 0 Å². The highest BCUT2D eigenvalue weighted by Gasteiger charge is 2.20. The summed E-state index contributed by atoms with van der Waals surface area (Å²) < 4.78 is 10.1. The van der Waals surface area contributed by atoms with Gasteiger partial charge in [-0.25, -0.2) is 9.59 Å². The summed E-state index contributed by atoms with van der Waals surface area (Å²) >= 11 is 1.23. The Morgan fingerprint density at radius 1 is 0.818 bits per heavy atom. The molecule has 0 unspecified atom stereocenters. The summed E-state index contributed by atoms with van der Waals surface area (Å²) in [6, 6.07) is 5.85. The molecule has 1 heterocycles. The van der Waals surface area contributed by atoms with Gasteiger partial charge in [0.2, 0.25) is 11.8 Å². The van der Waals surface area contributed by atoms with Crippen LogP contribution < -0.4 is 16.0 Å². The van der Waals surface area contributed by atoms with Crippen molar-refractivity contribution >= 4 is 57.4 Å². The number of anilines is 3. The van der Waals surface area contributed by atoms with Gasteiger partial charge in [0.05, 0.1) is 17.7 Å². The quantitative estimate of drug-likeness (QED) is 0.473. The maximum absolute atomic E-state index is 12.5. The van der Waals surface area contributed by atoms with E-state index in [0.717, 1.165) is 4.88 Å². The highest BCUT2D eigenvalue weighted by atomic mass is 32.1. The van der Waals surface area contributed by atoms with Crippen molar-refractivity contribution < 1.29 is 33.4 Å². The average molecular weight is 476 g/mol. The van der Waals surface area contributed by atoms with Gasteiger partial charge < -0.3 is 25.4 Å². The number of aryl methyl sites for hydroxylation is 1. The van der Waals surface area contributed by atoms with Crippen molar-refractivity contribution in [3.05, 3.63) is 40.3 Å². The molecule has 0 saturated carbocycles. The summed E-state index contributed by atoms with van der Waals surface area (Å²) in [4.78, 5) is 60.6. The SMILES string of the molecule is CCOC(=O)c1cc(CC)sc1NC(=O)COC(=O)c1cc(NC(C)=O)cc(NC(C)=O)c1. The van der Waals surface area contributed by atoms with Gasteiger partial charge in [-0.2, -0.15) is 0 Å². The third-order valence-corrected chi connectivity index (χ3v) is 5.22.